The van der Waals surface area contributed by atoms with Crippen LogP contribution in [0.1, 0.15) is 17.0 Å². The molecule has 0 saturated heterocycles. The maximum atomic E-state index is 9.60. The minimum absolute atomic E-state index is 0. The number of nitrogens with one attached hydrogen (secondary N) is 2. The van der Waals surface area contributed by atoms with Gasteiger partial charge in [-0.15, -0.1) is 24.0 Å². The number of rotatable bonds is 8. The van der Waals surface area contributed by atoms with E-state index in [1.54, 1.807) is 7.05 Å². The molecule has 0 aliphatic rings. The molecule has 0 aliphatic carbocycles. The highest BCUT2D eigenvalue weighted by atomic mass is 127. The highest BCUT2D eigenvalue weighted by Crippen LogP contribution is 2.13. The summed E-state index contributed by atoms with van der Waals surface area (Å²) in [5.74, 6) is 1.59. The van der Waals surface area contributed by atoms with E-state index in [9.17, 15) is 5.11 Å². The average Bonchev–Trinajstić information content (AvgIpc) is 2.66. The molecule has 26 heavy (non-hydrogen) atoms. The molecule has 0 bridgehead atoms. The van der Waals surface area contributed by atoms with E-state index in [0.717, 1.165) is 11.3 Å². The van der Waals surface area contributed by atoms with Gasteiger partial charge in [0, 0.05) is 19.5 Å². The molecule has 142 valence electrons. The molecule has 0 radical (unpaired) electrons. The molecular weight excluding hydrogens is 441 g/mol. The second-order valence-electron chi connectivity index (χ2n) is 5.83. The van der Waals surface area contributed by atoms with Crippen LogP contribution in [0.5, 0.6) is 5.75 Å². The van der Waals surface area contributed by atoms with Crippen molar-refractivity contribution in [3.05, 3.63) is 65.7 Å². The Morgan fingerprint density at radius 1 is 1.08 bits per heavy atom. The maximum Gasteiger partial charge on any atom is 0.191 e. The Hall–Kier alpha value is -1.80. The zero-order valence-corrected chi connectivity index (χ0v) is 17.6. The quantitative estimate of drug-likeness (QED) is 0.241. The van der Waals surface area contributed by atoms with Crippen molar-refractivity contribution >= 4 is 29.9 Å². The van der Waals surface area contributed by atoms with Crippen LogP contribution in [0.2, 0.25) is 0 Å². The smallest absolute Gasteiger partial charge is 0.191 e. The van der Waals surface area contributed by atoms with Crippen LogP contribution in [-0.4, -0.2) is 44.4 Å². The summed E-state index contributed by atoms with van der Waals surface area (Å²) in [5, 5.41) is 16.1. The summed E-state index contributed by atoms with van der Waals surface area (Å²) in [6.07, 6.45) is 0. The third kappa shape index (κ3) is 7.61. The molecule has 2 aromatic carbocycles. The molecule has 2 rings (SSSR count). The van der Waals surface area contributed by atoms with E-state index in [-0.39, 0.29) is 36.5 Å². The van der Waals surface area contributed by atoms with Crippen molar-refractivity contribution in [3.8, 4) is 5.75 Å². The number of hydrogen-bond donors (Lipinski definition) is 3. The number of halogens is 1. The molecule has 0 amide bonds. The first kappa shape index (κ1) is 22.2. The van der Waals surface area contributed by atoms with E-state index in [1.807, 2.05) is 54.6 Å². The Balaban J connectivity index is 0.00000338. The Morgan fingerprint density at radius 3 is 2.38 bits per heavy atom. The van der Waals surface area contributed by atoms with Crippen LogP contribution >= 0.6 is 24.0 Å². The van der Waals surface area contributed by atoms with Crippen molar-refractivity contribution in [3.63, 3.8) is 0 Å². The zero-order valence-electron chi connectivity index (χ0n) is 15.3. The third-order valence-electron chi connectivity index (χ3n) is 3.92. The molecular formula is C20H28IN3O2. The number of aryl methyl sites for hydroxylation is 1. The first-order chi connectivity index (χ1) is 12.2. The van der Waals surface area contributed by atoms with Gasteiger partial charge >= 0.3 is 0 Å². The van der Waals surface area contributed by atoms with E-state index < -0.39 is 0 Å². The molecule has 3 N–H and O–H groups in total. The van der Waals surface area contributed by atoms with Crippen LogP contribution in [-0.2, 0) is 0 Å². The van der Waals surface area contributed by atoms with Gasteiger partial charge in [0.2, 0.25) is 0 Å². The van der Waals surface area contributed by atoms with Crippen molar-refractivity contribution < 1.29 is 9.84 Å². The number of hydrogen-bond acceptors (Lipinski definition) is 3. The standard InChI is InChI=1S/C20H27N3O2.HI/c1-16-8-10-19(11-9-16)25-13-12-22-20(21-2)23-14-18(15-24)17-6-4-3-5-7-17;/h3-11,18,24H,12-15H2,1-2H3,(H2,21,22,23);1H. The fraction of sp³-hybridized carbons (Fsp3) is 0.350. The predicted octanol–water partition coefficient (Wildman–Crippen LogP) is 2.93. The lowest BCUT2D eigenvalue weighted by molar-refractivity contribution is 0.265. The lowest BCUT2D eigenvalue weighted by atomic mass is 10.0. The largest absolute Gasteiger partial charge is 0.492 e. The van der Waals surface area contributed by atoms with Gasteiger partial charge in [0.15, 0.2) is 5.96 Å². The van der Waals surface area contributed by atoms with Gasteiger partial charge in [0.05, 0.1) is 13.2 Å². The van der Waals surface area contributed by atoms with Crippen LogP contribution in [0.25, 0.3) is 0 Å². The molecule has 0 spiro atoms. The van der Waals surface area contributed by atoms with Crippen molar-refractivity contribution in [2.45, 2.75) is 12.8 Å². The maximum absolute atomic E-state index is 9.60. The number of ether oxygens (including phenoxy) is 1. The highest BCUT2D eigenvalue weighted by molar-refractivity contribution is 14.0. The molecule has 1 atom stereocenters. The summed E-state index contributed by atoms with van der Waals surface area (Å²) in [6, 6.07) is 18.0. The second kappa shape index (κ2) is 12.5. The molecule has 1 unspecified atom stereocenters. The summed E-state index contributed by atoms with van der Waals surface area (Å²) in [7, 11) is 1.73. The van der Waals surface area contributed by atoms with Crippen LogP contribution in [0, 0.1) is 6.92 Å². The molecule has 0 aliphatic heterocycles. The highest BCUT2D eigenvalue weighted by Gasteiger charge is 2.10. The first-order valence-electron chi connectivity index (χ1n) is 8.52. The van der Waals surface area contributed by atoms with Gasteiger partial charge in [-0.25, -0.2) is 0 Å². The molecule has 2 aromatic rings. The first-order valence-corrected chi connectivity index (χ1v) is 8.52. The van der Waals surface area contributed by atoms with Gasteiger partial charge in [-0.1, -0.05) is 48.0 Å². The third-order valence-corrected chi connectivity index (χ3v) is 3.92. The number of aliphatic imine (C=N–C) groups is 1. The van der Waals surface area contributed by atoms with E-state index in [1.165, 1.54) is 5.56 Å². The Labute approximate surface area is 172 Å². The number of aliphatic hydroxyl groups excluding tert-OH is 1. The fourth-order valence-corrected chi connectivity index (χ4v) is 2.43. The summed E-state index contributed by atoms with van der Waals surface area (Å²) in [5.41, 5.74) is 2.32. The monoisotopic (exact) mass is 469 g/mol. The molecule has 5 nitrogen and oxygen atoms in total. The Morgan fingerprint density at radius 2 is 1.77 bits per heavy atom. The van der Waals surface area contributed by atoms with Crippen LogP contribution in [0.3, 0.4) is 0 Å². The predicted molar refractivity (Wildman–Crippen MR) is 118 cm³/mol. The average molecular weight is 469 g/mol. The van der Waals surface area contributed by atoms with Crippen molar-refractivity contribution in [2.75, 3.05) is 33.4 Å². The van der Waals surface area contributed by atoms with Crippen LogP contribution in [0.15, 0.2) is 59.6 Å². The van der Waals surface area contributed by atoms with Gasteiger partial charge in [-0.2, -0.15) is 0 Å². The minimum atomic E-state index is 0. The molecule has 0 heterocycles. The minimum Gasteiger partial charge on any atom is -0.492 e. The van der Waals surface area contributed by atoms with Gasteiger partial charge < -0.3 is 20.5 Å². The molecule has 0 saturated carbocycles. The van der Waals surface area contributed by atoms with E-state index in [4.69, 9.17) is 4.74 Å². The number of benzene rings is 2. The van der Waals surface area contributed by atoms with E-state index in [2.05, 4.69) is 22.5 Å². The lowest BCUT2D eigenvalue weighted by Crippen LogP contribution is -2.41. The Kier molecular flexibility index (Phi) is 10.7. The summed E-state index contributed by atoms with van der Waals surface area (Å²) in [6.45, 7) is 3.94. The normalized spacial score (nSPS) is 12.0. The molecule has 6 heteroatoms. The van der Waals surface area contributed by atoms with Gasteiger partial charge in [0.1, 0.15) is 12.4 Å². The van der Waals surface area contributed by atoms with Crippen LogP contribution in [0.4, 0.5) is 0 Å². The summed E-state index contributed by atoms with van der Waals surface area (Å²) in [4.78, 5) is 4.20. The number of aliphatic hydroxyl groups is 1. The van der Waals surface area contributed by atoms with E-state index in [0.29, 0.717) is 25.7 Å². The second-order valence-corrected chi connectivity index (χ2v) is 5.83. The van der Waals surface area contributed by atoms with E-state index >= 15 is 0 Å². The molecule has 0 aromatic heterocycles. The van der Waals surface area contributed by atoms with Gasteiger partial charge in [-0.05, 0) is 24.6 Å². The van der Waals surface area contributed by atoms with Crippen molar-refractivity contribution in [1.29, 1.82) is 0 Å². The SMILES string of the molecule is CN=C(NCCOc1ccc(C)cc1)NCC(CO)c1ccccc1.I. The summed E-state index contributed by atoms with van der Waals surface area (Å²) >= 11 is 0. The van der Waals surface area contributed by atoms with Crippen LogP contribution < -0.4 is 15.4 Å². The lowest BCUT2D eigenvalue weighted by Gasteiger charge is -2.18. The summed E-state index contributed by atoms with van der Waals surface area (Å²) < 4.78 is 5.69. The Bertz CT molecular complexity index is 648. The fourth-order valence-electron chi connectivity index (χ4n) is 2.43. The van der Waals surface area contributed by atoms with Gasteiger partial charge in [-0.3, -0.25) is 4.99 Å². The van der Waals surface area contributed by atoms with Crippen molar-refractivity contribution in [1.82, 2.24) is 10.6 Å². The number of guanidine groups is 1. The topological polar surface area (TPSA) is 65.9 Å². The zero-order chi connectivity index (χ0) is 17.9. The van der Waals surface area contributed by atoms with Crippen molar-refractivity contribution in [2.24, 2.45) is 4.99 Å². The molecule has 0 fully saturated rings. The van der Waals surface area contributed by atoms with Gasteiger partial charge in [0.25, 0.3) is 0 Å². The number of nitrogens with zero attached hydrogens (tertiary/aromatic N) is 1.